The van der Waals surface area contributed by atoms with E-state index in [4.69, 9.17) is 0 Å². The number of halogens is 8. The first-order valence-corrected chi connectivity index (χ1v) is 11.3. The van der Waals surface area contributed by atoms with E-state index in [9.17, 15) is 35.1 Å². The molecule has 0 N–H and O–H groups in total. The molecule has 0 heterocycles. The van der Waals surface area contributed by atoms with Gasteiger partial charge in [-0.25, -0.2) is 0 Å². The van der Waals surface area contributed by atoms with E-state index in [1.807, 2.05) is 0 Å². The van der Waals surface area contributed by atoms with E-state index in [1.54, 1.807) is 0 Å². The van der Waals surface area contributed by atoms with Gasteiger partial charge in [0, 0.05) is 0 Å². The predicted molar refractivity (Wildman–Crippen MR) is 63.3 cm³/mol. The van der Waals surface area contributed by atoms with Crippen molar-refractivity contribution in [3.05, 3.63) is 58.7 Å². The van der Waals surface area contributed by atoms with Gasteiger partial charge in [0.25, 0.3) is 0 Å². The molecular weight excluding hydrogens is 454 g/mol. The minimum absolute atomic E-state index is 0.0136. The molecule has 10 heteroatoms. The van der Waals surface area contributed by atoms with Crippen LogP contribution in [0.15, 0.2) is 12.1 Å². The molecule has 0 radical (unpaired) electrons. The summed E-state index contributed by atoms with van der Waals surface area (Å²) in [6.07, 6.45) is 0. The van der Waals surface area contributed by atoms with Crippen molar-refractivity contribution >= 4 is 35.2 Å². The Balaban J connectivity index is 2.40. The number of hydrogen-bond acceptors (Lipinski definition) is 0. The molecule has 0 aliphatic heterocycles. The van der Waals surface area contributed by atoms with Crippen molar-refractivity contribution in [2.45, 2.75) is 0 Å². The molecule has 0 amide bonds. The number of benzene rings is 2. The molecule has 0 atom stereocenters. The van der Waals surface area contributed by atoms with Crippen LogP contribution in [0.1, 0.15) is 0 Å². The van der Waals surface area contributed by atoms with Crippen molar-refractivity contribution in [2.75, 3.05) is 0 Å². The summed E-state index contributed by atoms with van der Waals surface area (Å²) in [4.78, 5) is 0. The Morgan fingerprint density at radius 1 is 0.455 bits per heavy atom. The second-order valence-electron chi connectivity index (χ2n) is 3.76. The molecule has 22 heavy (non-hydrogen) atoms. The van der Waals surface area contributed by atoms with Gasteiger partial charge in [0.1, 0.15) is 0 Å². The van der Waals surface area contributed by atoms with Crippen molar-refractivity contribution in [1.82, 2.24) is 0 Å². The monoisotopic (exact) mass is 458 g/mol. The van der Waals surface area contributed by atoms with Gasteiger partial charge in [0.05, 0.1) is 0 Å². The average molecular weight is 456 g/mol. The summed E-state index contributed by atoms with van der Waals surface area (Å²) in [6, 6.07) is -0.0272. The van der Waals surface area contributed by atoms with Crippen molar-refractivity contribution in [1.29, 1.82) is 0 Å². The summed E-state index contributed by atoms with van der Waals surface area (Å²) in [6.45, 7) is 0. The molecule has 2 rings (SSSR count). The fourth-order valence-corrected chi connectivity index (χ4v) is 8.12. The summed E-state index contributed by atoms with van der Waals surface area (Å²) >= 11 is -2.96. The van der Waals surface area contributed by atoms with E-state index in [1.165, 1.54) is 0 Å². The Morgan fingerprint density at radius 2 is 0.682 bits per heavy atom. The van der Waals surface area contributed by atoms with Crippen LogP contribution < -0.4 is 8.92 Å². The average Bonchev–Trinajstić information content (AvgIpc) is 2.46. The van der Waals surface area contributed by atoms with Gasteiger partial charge >= 0.3 is 129 Å². The molecule has 0 aromatic heterocycles. The van der Waals surface area contributed by atoms with E-state index in [-0.39, 0.29) is 12.1 Å². The minimum atomic E-state index is -1.70. The van der Waals surface area contributed by atoms with Crippen LogP contribution in [-0.4, -0.2) is 26.3 Å². The number of hydrogen-bond donors (Lipinski definition) is 0. The molecule has 0 saturated heterocycles. The SMILES string of the molecule is Fc1cc(F)c(F)c([Se][Se]c2c(F)c(F)cc(F)c2F)c1F. The Kier molecular flexibility index (Phi) is 5.17. The molecule has 0 saturated carbocycles. The van der Waals surface area contributed by atoms with Crippen LogP contribution in [0.4, 0.5) is 35.1 Å². The molecule has 2 aromatic carbocycles. The van der Waals surface area contributed by atoms with Crippen molar-refractivity contribution in [3.8, 4) is 0 Å². The summed E-state index contributed by atoms with van der Waals surface area (Å²) < 4.78 is 104. The normalized spacial score (nSPS) is 11.1. The van der Waals surface area contributed by atoms with E-state index in [2.05, 4.69) is 0 Å². The Hall–Kier alpha value is -1.08. The standard InChI is InChI=1S/C12H2F8Se2/c13-3-1-4(14)8(18)11(7(3)17)21-22-12-9(19)5(15)2-6(16)10(12)20/h1-2H. The van der Waals surface area contributed by atoms with Gasteiger partial charge in [-0.05, 0) is 0 Å². The summed E-state index contributed by atoms with van der Waals surface area (Å²) in [5, 5.41) is 0. The maximum atomic E-state index is 13.4. The first-order chi connectivity index (χ1) is 10.2. The molecule has 0 bridgehead atoms. The molecule has 0 fully saturated rings. The maximum absolute atomic E-state index is 13.4. The van der Waals surface area contributed by atoms with Crippen molar-refractivity contribution in [3.63, 3.8) is 0 Å². The van der Waals surface area contributed by atoms with Crippen molar-refractivity contribution in [2.24, 2.45) is 0 Å². The zero-order valence-electron chi connectivity index (χ0n) is 9.99. The van der Waals surface area contributed by atoms with E-state index in [0.717, 1.165) is 0 Å². The first-order valence-electron chi connectivity index (χ1n) is 5.24. The zero-order valence-corrected chi connectivity index (χ0v) is 13.4. The Bertz CT molecular complexity index is 631. The van der Waals surface area contributed by atoms with Gasteiger partial charge in [-0.2, -0.15) is 0 Å². The molecule has 0 aliphatic rings. The van der Waals surface area contributed by atoms with Crippen LogP contribution in [0.2, 0.25) is 0 Å². The van der Waals surface area contributed by atoms with Gasteiger partial charge in [0.2, 0.25) is 0 Å². The quantitative estimate of drug-likeness (QED) is 0.377. The van der Waals surface area contributed by atoms with Gasteiger partial charge < -0.3 is 0 Å². The second kappa shape index (κ2) is 6.58. The van der Waals surface area contributed by atoms with Gasteiger partial charge in [-0.1, -0.05) is 0 Å². The molecule has 2 aromatic rings. The van der Waals surface area contributed by atoms with Crippen LogP contribution in [-0.2, 0) is 0 Å². The van der Waals surface area contributed by atoms with Gasteiger partial charge in [-0.3, -0.25) is 0 Å². The van der Waals surface area contributed by atoms with E-state index in [0.29, 0.717) is 0 Å². The summed E-state index contributed by atoms with van der Waals surface area (Å²) in [5.41, 5.74) is 0. The zero-order chi connectivity index (χ0) is 16.6. The molecule has 0 aliphatic carbocycles. The topological polar surface area (TPSA) is 0 Å². The number of rotatable bonds is 3. The van der Waals surface area contributed by atoms with Crippen LogP contribution in [0.5, 0.6) is 0 Å². The van der Waals surface area contributed by atoms with E-state index >= 15 is 0 Å². The molecular formula is C12H2F8Se2. The Morgan fingerprint density at radius 3 is 0.909 bits per heavy atom. The van der Waals surface area contributed by atoms with Gasteiger partial charge in [-0.15, -0.1) is 0 Å². The van der Waals surface area contributed by atoms with Crippen LogP contribution in [0.25, 0.3) is 0 Å². The van der Waals surface area contributed by atoms with Crippen LogP contribution in [0.3, 0.4) is 0 Å². The van der Waals surface area contributed by atoms with E-state index < -0.39 is 81.7 Å². The van der Waals surface area contributed by atoms with Crippen molar-refractivity contribution < 1.29 is 35.1 Å². The molecule has 0 spiro atoms. The summed E-state index contributed by atoms with van der Waals surface area (Å²) in [5.74, 6) is -13.5. The summed E-state index contributed by atoms with van der Waals surface area (Å²) in [7, 11) is 0. The van der Waals surface area contributed by atoms with Crippen LogP contribution in [0, 0.1) is 46.5 Å². The molecule has 0 unspecified atom stereocenters. The third kappa shape index (κ3) is 3.15. The van der Waals surface area contributed by atoms with Crippen LogP contribution >= 0.6 is 0 Å². The molecule has 118 valence electrons. The fourth-order valence-electron chi connectivity index (χ4n) is 1.33. The second-order valence-corrected chi connectivity index (χ2v) is 9.81. The fraction of sp³-hybridized carbons (Fsp3) is 0. The third-order valence-electron chi connectivity index (χ3n) is 2.35. The third-order valence-corrected chi connectivity index (χ3v) is 9.27. The molecule has 0 nitrogen and oxygen atoms in total. The Labute approximate surface area is 129 Å². The first kappa shape index (κ1) is 17.3. The van der Waals surface area contributed by atoms with Gasteiger partial charge in [0.15, 0.2) is 0 Å². The predicted octanol–water partition coefficient (Wildman–Crippen LogP) is 2.07.